The zero-order valence-electron chi connectivity index (χ0n) is 28.1. The number of non-ortho nitro benzene ring substituents is 1. The van der Waals surface area contributed by atoms with Crippen molar-refractivity contribution in [2.75, 3.05) is 44.9 Å². The molecule has 0 unspecified atom stereocenters. The van der Waals surface area contributed by atoms with E-state index < -0.39 is 101 Å². The Hall–Kier alpha value is -5.25. The van der Waals surface area contributed by atoms with Gasteiger partial charge >= 0.3 is 0 Å². The van der Waals surface area contributed by atoms with Crippen LogP contribution in [-0.4, -0.2) is 147 Å². The van der Waals surface area contributed by atoms with Gasteiger partial charge in [0.15, 0.2) is 35.4 Å². The van der Waals surface area contributed by atoms with E-state index in [0.29, 0.717) is 0 Å². The van der Waals surface area contributed by atoms with Crippen LogP contribution in [0.5, 0.6) is 5.75 Å². The first-order valence-electron chi connectivity index (χ1n) is 16.1. The first kappa shape index (κ1) is 37.1. The fraction of sp³-hybridized carbons (Fsp3) is 0.448. The molecule has 0 amide bonds. The van der Waals surface area contributed by atoms with Crippen LogP contribution in [0.4, 0.5) is 17.3 Å². The van der Waals surface area contributed by atoms with E-state index >= 15 is 0 Å². The van der Waals surface area contributed by atoms with Gasteiger partial charge in [-0.1, -0.05) is 0 Å². The Morgan fingerprint density at radius 3 is 2.11 bits per heavy atom. The maximum Gasteiger partial charge on any atom is 0.273 e. The van der Waals surface area contributed by atoms with Gasteiger partial charge in [-0.3, -0.25) is 19.2 Å². The van der Waals surface area contributed by atoms with E-state index in [4.69, 9.17) is 30.4 Å². The number of aliphatic hydroxyl groups is 4. The van der Waals surface area contributed by atoms with Crippen molar-refractivity contribution < 1.29 is 52.7 Å². The molecule has 8 atom stereocenters. The number of benzene rings is 1. The molecule has 2 aliphatic rings. The number of methoxy groups -OCH3 is 1. The molecule has 25 heteroatoms. The smallest absolute Gasteiger partial charge is 0.273 e. The van der Waals surface area contributed by atoms with Gasteiger partial charge in [-0.2, -0.15) is 4.31 Å². The summed E-state index contributed by atoms with van der Waals surface area (Å²) in [4.78, 5) is 34.8. The number of aromatic nitrogens is 8. The number of aliphatic hydroxyl groups excluding tert-OH is 4. The Morgan fingerprint density at radius 1 is 0.907 bits per heavy atom. The molecule has 54 heavy (non-hydrogen) atoms. The van der Waals surface area contributed by atoms with Crippen molar-refractivity contribution in [3.05, 3.63) is 53.6 Å². The number of nitrogen functional groups attached to an aromatic ring is 2. The molecular formula is C29H34N12O12S. The van der Waals surface area contributed by atoms with Crippen molar-refractivity contribution in [1.82, 2.24) is 43.3 Å². The van der Waals surface area contributed by atoms with Crippen molar-refractivity contribution in [3.63, 3.8) is 0 Å². The van der Waals surface area contributed by atoms with E-state index in [1.165, 1.54) is 34.4 Å². The lowest BCUT2D eigenvalue weighted by Gasteiger charge is -2.28. The highest BCUT2D eigenvalue weighted by molar-refractivity contribution is 7.89. The minimum atomic E-state index is -4.64. The summed E-state index contributed by atoms with van der Waals surface area (Å²) >= 11 is 0. The number of anilines is 2. The number of fused-ring (bicyclic) bond motifs is 2. The summed E-state index contributed by atoms with van der Waals surface area (Å²) in [6.45, 7) is -2.06. The normalized spacial score (nSPS) is 26.0. The number of hydrogen-bond acceptors (Lipinski definition) is 20. The molecule has 0 spiro atoms. The largest absolute Gasteiger partial charge is 0.495 e. The van der Waals surface area contributed by atoms with Gasteiger partial charge in [0, 0.05) is 19.2 Å². The monoisotopic (exact) mass is 774 g/mol. The standard InChI is InChI=1S/C29H34N12O12S/c1-50-14-6-13(41(46)47)2-3-17(14)54(48,49)38(7-15-20(43)22(45)28(52-15)39-11-36-18-24(30)32-9-34-26(18)39)4-5-51-23-21(44)16(8-42)53-29(23)40-12-37-19-25(31)33-10-35-27(19)40/h2-3,6,9-12,15-16,20-23,28-29,42-45H,4-5,7-8H2,1H3,(H2,30,32,34)(H2,31,33,35)/t15-,16-,20-,21-,22-,23-,28-,29-/m1/s1. The third-order valence-electron chi connectivity index (χ3n) is 9.16. The Kier molecular flexibility index (Phi) is 9.98. The number of hydrogen-bond donors (Lipinski definition) is 6. The van der Waals surface area contributed by atoms with E-state index in [9.17, 15) is 39.0 Å². The number of ether oxygens (including phenoxy) is 4. The summed E-state index contributed by atoms with van der Waals surface area (Å²) in [5.41, 5.74) is 12.3. The molecule has 8 N–H and O–H groups in total. The molecule has 1 aromatic carbocycles. The molecule has 0 saturated carbocycles. The molecule has 2 saturated heterocycles. The molecule has 5 aromatic rings. The summed E-state index contributed by atoms with van der Waals surface area (Å²) in [6, 6.07) is 2.93. The highest BCUT2D eigenvalue weighted by Crippen LogP contribution is 2.37. The van der Waals surface area contributed by atoms with Crippen molar-refractivity contribution in [2.24, 2.45) is 0 Å². The second-order valence-electron chi connectivity index (χ2n) is 12.2. The molecule has 288 valence electrons. The maximum absolute atomic E-state index is 14.3. The highest BCUT2D eigenvalue weighted by Gasteiger charge is 2.48. The fourth-order valence-electron chi connectivity index (χ4n) is 6.42. The summed E-state index contributed by atoms with van der Waals surface area (Å²) in [5.74, 6) is -0.207. The summed E-state index contributed by atoms with van der Waals surface area (Å²) < 4.78 is 55.5. The van der Waals surface area contributed by atoms with Crippen molar-refractivity contribution >= 4 is 49.7 Å². The van der Waals surface area contributed by atoms with Crippen LogP contribution in [0, 0.1) is 10.1 Å². The van der Waals surface area contributed by atoms with Crippen LogP contribution in [0.15, 0.2) is 48.4 Å². The maximum atomic E-state index is 14.3. The zero-order chi connectivity index (χ0) is 38.5. The molecule has 2 aliphatic heterocycles. The average molecular weight is 775 g/mol. The number of nitro groups is 1. The van der Waals surface area contributed by atoms with Gasteiger partial charge in [-0.05, 0) is 6.07 Å². The third kappa shape index (κ3) is 6.39. The lowest BCUT2D eigenvalue weighted by atomic mass is 10.1. The van der Waals surface area contributed by atoms with E-state index in [1.54, 1.807) is 0 Å². The van der Waals surface area contributed by atoms with Crippen molar-refractivity contribution in [2.45, 2.75) is 54.0 Å². The predicted octanol–water partition coefficient (Wildman–Crippen LogP) is -2.31. The molecule has 0 bridgehead atoms. The third-order valence-corrected chi connectivity index (χ3v) is 11.1. The number of rotatable bonds is 13. The Balaban J connectivity index is 1.18. The summed E-state index contributed by atoms with van der Waals surface area (Å²) in [6.07, 6.45) is -5.74. The molecule has 4 aromatic heterocycles. The molecule has 2 fully saturated rings. The predicted molar refractivity (Wildman–Crippen MR) is 181 cm³/mol. The Labute approximate surface area is 303 Å². The molecule has 0 aliphatic carbocycles. The number of nitrogens with two attached hydrogens (primary N) is 2. The van der Waals surface area contributed by atoms with Crippen LogP contribution in [0.2, 0.25) is 0 Å². The van der Waals surface area contributed by atoms with E-state index in [2.05, 4.69) is 29.9 Å². The SMILES string of the molecule is COc1cc([N+](=O)[O-])ccc1S(=O)(=O)N(CCO[C@@H]1[C@H](O)[C@@H](CO)O[C@H]1n1cnc2c(N)ncnc21)C[C@H]1O[C@@H](n2cnc3c(N)ncnc32)[C@H](O)[C@@H]1O. The number of imidazole rings is 2. The molecule has 6 heterocycles. The second kappa shape index (κ2) is 14.5. The van der Waals surface area contributed by atoms with Crippen LogP contribution in [-0.2, 0) is 24.2 Å². The van der Waals surface area contributed by atoms with Gasteiger partial charge < -0.3 is 50.8 Å². The minimum absolute atomic E-state index is 0.0570. The van der Waals surface area contributed by atoms with Crippen LogP contribution in [0.25, 0.3) is 22.3 Å². The molecule has 7 rings (SSSR count). The zero-order valence-corrected chi connectivity index (χ0v) is 28.9. The summed E-state index contributed by atoms with van der Waals surface area (Å²) in [7, 11) is -3.51. The van der Waals surface area contributed by atoms with E-state index in [0.717, 1.165) is 29.6 Å². The van der Waals surface area contributed by atoms with Crippen molar-refractivity contribution in [1.29, 1.82) is 0 Å². The van der Waals surface area contributed by atoms with Crippen LogP contribution in [0.3, 0.4) is 0 Å². The summed E-state index contributed by atoms with van der Waals surface area (Å²) in [5, 5.41) is 54.7. The average Bonchev–Trinajstić information content (AvgIpc) is 3.93. The topological polar surface area (TPSA) is 338 Å². The minimum Gasteiger partial charge on any atom is -0.495 e. The number of sulfonamides is 1. The molecular weight excluding hydrogens is 740 g/mol. The first-order chi connectivity index (χ1) is 25.8. The highest BCUT2D eigenvalue weighted by atomic mass is 32.2. The van der Waals surface area contributed by atoms with Gasteiger partial charge in [0.25, 0.3) is 5.69 Å². The second-order valence-corrected chi connectivity index (χ2v) is 14.1. The lowest BCUT2D eigenvalue weighted by Crippen LogP contribution is -2.45. The van der Waals surface area contributed by atoms with Gasteiger partial charge in [0.05, 0.1) is 44.0 Å². The van der Waals surface area contributed by atoms with Gasteiger partial charge in [-0.25, -0.2) is 38.3 Å². The van der Waals surface area contributed by atoms with Crippen LogP contribution < -0.4 is 16.2 Å². The Bertz CT molecular complexity index is 2290. The van der Waals surface area contributed by atoms with Gasteiger partial charge in [0.1, 0.15) is 71.0 Å². The molecule has 0 radical (unpaired) electrons. The number of nitro benzene ring substituents is 1. The van der Waals surface area contributed by atoms with E-state index in [-0.39, 0.29) is 39.7 Å². The van der Waals surface area contributed by atoms with Crippen LogP contribution in [0.1, 0.15) is 12.5 Å². The Morgan fingerprint density at radius 2 is 1.52 bits per heavy atom. The van der Waals surface area contributed by atoms with Crippen LogP contribution >= 0.6 is 0 Å². The van der Waals surface area contributed by atoms with E-state index in [1.807, 2.05) is 0 Å². The first-order valence-corrected chi connectivity index (χ1v) is 17.6. The van der Waals surface area contributed by atoms with Crippen molar-refractivity contribution in [3.8, 4) is 5.75 Å². The van der Waals surface area contributed by atoms with Gasteiger partial charge in [-0.15, -0.1) is 0 Å². The quantitative estimate of drug-likeness (QED) is 0.0541. The fourth-order valence-corrected chi connectivity index (χ4v) is 7.99. The number of nitrogens with zero attached hydrogens (tertiary/aromatic N) is 10. The van der Waals surface area contributed by atoms with Gasteiger partial charge in [0.2, 0.25) is 10.0 Å². The molecule has 24 nitrogen and oxygen atoms in total. The lowest BCUT2D eigenvalue weighted by molar-refractivity contribution is -0.385.